The van der Waals surface area contributed by atoms with Gasteiger partial charge in [0.05, 0.1) is 6.10 Å². The van der Waals surface area contributed by atoms with E-state index in [4.69, 9.17) is 14.0 Å². The lowest BCUT2D eigenvalue weighted by molar-refractivity contribution is 0.0817. The average molecular weight is 367 g/mol. The van der Waals surface area contributed by atoms with E-state index >= 15 is 0 Å². The third-order valence-corrected chi connectivity index (χ3v) is 3.81. The van der Waals surface area contributed by atoms with Crippen LogP contribution in [0.2, 0.25) is 0 Å². The largest absolute Gasteiger partial charge is 0.491 e. The molecular weight excluding hydrogens is 346 g/mol. The van der Waals surface area contributed by atoms with Gasteiger partial charge in [0, 0.05) is 17.2 Å². The van der Waals surface area contributed by atoms with Crippen molar-refractivity contribution in [2.75, 3.05) is 0 Å². The van der Waals surface area contributed by atoms with Gasteiger partial charge in [-0.3, -0.25) is 4.79 Å². The minimum absolute atomic E-state index is 0.0359. The van der Waals surface area contributed by atoms with E-state index in [9.17, 15) is 9.90 Å². The second kappa shape index (κ2) is 7.95. The van der Waals surface area contributed by atoms with Gasteiger partial charge in [-0.2, -0.15) is 0 Å². The van der Waals surface area contributed by atoms with Crippen molar-refractivity contribution in [3.05, 3.63) is 60.2 Å². The Balaban J connectivity index is 1.67. The Morgan fingerprint density at radius 2 is 1.74 bits per heavy atom. The highest BCUT2D eigenvalue weighted by Gasteiger charge is 2.18. The topological polar surface area (TPSA) is 81.8 Å². The molecular formula is C21H21NO5. The summed E-state index contributed by atoms with van der Waals surface area (Å²) in [7, 11) is 0. The number of aromatic nitrogens is 1. The fourth-order valence-corrected chi connectivity index (χ4v) is 2.59. The van der Waals surface area contributed by atoms with Crippen molar-refractivity contribution in [2.24, 2.45) is 0 Å². The summed E-state index contributed by atoms with van der Waals surface area (Å²) in [5.41, 5.74) is 1.28. The number of ketones is 1. The Bertz CT molecular complexity index is 914. The van der Waals surface area contributed by atoms with E-state index in [-0.39, 0.29) is 17.8 Å². The molecule has 0 saturated carbocycles. The molecule has 0 fully saturated rings. The zero-order chi connectivity index (χ0) is 19.4. The molecule has 2 aromatic carbocycles. The van der Waals surface area contributed by atoms with Crippen LogP contribution in [-0.4, -0.2) is 28.3 Å². The van der Waals surface area contributed by atoms with Crippen LogP contribution in [0, 0.1) is 0 Å². The molecule has 1 atom stereocenters. The minimum Gasteiger partial charge on any atom is -0.491 e. The second-order valence-corrected chi connectivity index (χ2v) is 6.39. The Labute approximate surface area is 157 Å². The van der Waals surface area contributed by atoms with Gasteiger partial charge in [-0.1, -0.05) is 12.1 Å². The number of carbonyl (C=O) groups is 1. The van der Waals surface area contributed by atoms with Crippen LogP contribution in [-0.2, 0) is 0 Å². The highest BCUT2D eigenvalue weighted by atomic mass is 16.5. The van der Waals surface area contributed by atoms with Gasteiger partial charge in [-0.25, -0.2) is 0 Å². The first-order valence-electron chi connectivity index (χ1n) is 8.66. The van der Waals surface area contributed by atoms with Crippen LogP contribution in [0.15, 0.2) is 59.1 Å². The number of rotatable bonds is 7. The van der Waals surface area contributed by atoms with Crippen LogP contribution in [0.5, 0.6) is 17.4 Å². The van der Waals surface area contributed by atoms with Gasteiger partial charge in [0.15, 0.2) is 11.9 Å². The van der Waals surface area contributed by atoms with Crippen LogP contribution in [0.25, 0.3) is 11.3 Å². The third-order valence-electron chi connectivity index (χ3n) is 3.81. The first kappa shape index (κ1) is 18.5. The molecule has 140 valence electrons. The number of aromatic hydroxyl groups is 1. The summed E-state index contributed by atoms with van der Waals surface area (Å²) in [6.07, 6.45) is -0.617. The standard InChI is InChI=1S/C21H21NO5/c1-13(2)25-18-6-4-5-16(11-18)21(24)14(3)26-17-9-7-15(8-10-17)19-12-20(23)22-27-19/h4-14H,1-3H3,(H,22,23). The molecule has 0 saturated heterocycles. The van der Waals surface area contributed by atoms with E-state index in [2.05, 4.69) is 5.16 Å². The zero-order valence-corrected chi connectivity index (χ0v) is 15.4. The predicted molar refractivity (Wildman–Crippen MR) is 100 cm³/mol. The second-order valence-electron chi connectivity index (χ2n) is 6.39. The molecule has 0 bridgehead atoms. The fourth-order valence-electron chi connectivity index (χ4n) is 2.59. The molecule has 0 aliphatic heterocycles. The maximum atomic E-state index is 12.6. The molecule has 6 nitrogen and oxygen atoms in total. The first-order chi connectivity index (χ1) is 12.9. The molecule has 1 N–H and O–H groups in total. The van der Waals surface area contributed by atoms with Gasteiger partial charge in [0.1, 0.15) is 11.5 Å². The summed E-state index contributed by atoms with van der Waals surface area (Å²) >= 11 is 0. The van der Waals surface area contributed by atoms with E-state index in [1.165, 1.54) is 6.07 Å². The Morgan fingerprint density at radius 1 is 1.00 bits per heavy atom. The van der Waals surface area contributed by atoms with Crippen molar-refractivity contribution < 1.29 is 23.9 Å². The normalized spacial score (nSPS) is 12.0. The van der Waals surface area contributed by atoms with Crippen LogP contribution < -0.4 is 9.47 Å². The molecule has 0 aliphatic rings. The molecule has 3 rings (SSSR count). The molecule has 0 amide bonds. The number of carbonyl (C=O) groups excluding carboxylic acids is 1. The van der Waals surface area contributed by atoms with E-state index in [1.807, 2.05) is 19.9 Å². The molecule has 0 aliphatic carbocycles. The number of benzene rings is 2. The molecule has 1 aromatic heterocycles. The van der Waals surface area contributed by atoms with Gasteiger partial charge in [0.25, 0.3) is 5.88 Å². The molecule has 6 heteroatoms. The van der Waals surface area contributed by atoms with Crippen molar-refractivity contribution in [3.63, 3.8) is 0 Å². The summed E-state index contributed by atoms with van der Waals surface area (Å²) in [4.78, 5) is 12.6. The van der Waals surface area contributed by atoms with E-state index < -0.39 is 6.10 Å². The molecule has 1 unspecified atom stereocenters. The van der Waals surface area contributed by atoms with Gasteiger partial charge < -0.3 is 19.1 Å². The molecule has 1 heterocycles. The quantitative estimate of drug-likeness (QED) is 0.620. The Hall–Kier alpha value is -3.28. The SMILES string of the molecule is CC(C)Oc1cccc(C(=O)C(C)Oc2ccc(-c3cc(O)no3)cc2)c1. The molecule has 0 radical (unpaired) electrons. The van der Waals surface area contributed by atoms with Crippen molar-refractivity contribution >= 4 is 5.78 Å². The zero-order valence-electron chi connectivity index (χ0n) is 15.4. The molecule has 0 spiro atoms. The summed E-state index contributed by atoms with van der Waals surface area (Å²) in [6.45, 7) is 5.58. The number of ether oxygens (including phenoxy) is 2. The van der Waals surface area contributed by atoms with Crippen molar-refractivity contribution in [2.45, 2.75) is 33.0 Å². The van der Waals surface area contributed by atoms with E-state index in [1.54, 1.807) is 49.4 Å². The smallest absolute Gasteiger partial charge is 0.252 e. The predicted octanol–water partition coefficient (Wildman–Crippen LogP) is 4.48. The van der Waals surface area contributed by atoms with Crippen molar-refractivity contribution in [1.82, 2.24) is 5.16 Å². The van der Waals surface area contributed by atoms with Gasteiger partial charge >= 0.3 is 0 Å². The monoisotopic (exact) mass is 367 g/mol. The Morgan fingerprint density at radius 3 is 2.37 bits per heavy atom. The lowest BCUT2D eigenvalue weighted by Gasteiger charge is -2.15. The molecule has 27 heavy (non-hydrogen) atoms. The highest BCUT2D eigenvalue weighted by Crippen LogP contribution is 2.26. The van der Waals surface area contributed by atoms with Crippen molar-refractivity contribution in [1.29, 1.82) is 0 Å². The first-order valence-corrected chi connectivity index (χ1v) is 8.66. The average Bonchev–Trinajstić information content (AvgIpc) is 3.07. The van der Waals surface area contributed by atoms with Crippen molar-refractivity contribution in [3.8, 4) is 28.7 Å². The van der Waals surface area contributed by atoms with Gasteiger partial charge in [0.2, 0.25) is 5.78 Å². The summed E-state index contributed by atoms with van der Waals surface area (Å²) in [5, 5.41) is 12.7. The Kier molecular flexibility index (Phi) is 5.45. The van der Waals surface area contributed by atoms with E-state index in [0.717, 1.165) is 5.56 Å². The van der Waals surface area contributed by atoms with Gasteiger partial charge in [-0.05, 0) is 62.3 Å². The lowest BCUT2D eigenvalue weighted by atomic mass is 10.1. The van der Waals surface area contributed by atoms with Crippen LogP contribution in [0.3, 0.4) is 0 Å². The maximum absolute atomic E-state index is 12.6. The third kappa shape index (κ3) is 4.67. The van der Waals surface area contributed by atoms with Gasteiger partial charge in [-0.15, -0.1) is 0 Å². The summed E-state index contributed by atoms with van der Waals surface area (Å²) < 4.78 is 16.4. The summed E-state index contributed by atoms with van der Waals surface area (Å²) in [6, 6.07) is 15.5. The number of Topliss-reactive ketones (excluding diaryl/α,β-unsaturated/α-hetero) is 1. The summed E-state index contributed by atoms with van der Waals surface area (Å²) in [5.74, 6) is 1.35. The van der Waals surface area contributed by atoms with E-state index in [0.29, 0.717) is 22.8 Å². The number of hydrogen-bond donors (Lipinski definition) is 1. The highest BCUT2D eigenvalue weighted by molar-refractivity contribution is 5.99. The number of nitrogens with zero attached hydrogens (tertiary/aromatic N) is 1. The minimum atomic E-state index is -0.653. The van der Waals surface area contributed by atoms with Crippen LogP contribution in [0.1, 0.15) is 31.1 Å². The molecule has 3 aromatic rings. The van der Waals surface area contributed by atoms with Crippen LogP contribution >= 0.6 is 0 Å². The number of hydrogen-bond acceptors (Lipinski definition) is 6. The fraction of sp³-hybridized carbons (Fsp3) is 0.238. The lowest BCUT2D eigenvalue weighted by Crippen LogP contribution is -2.24. The van der Waals surface area contributed by atoms with Crippen LogP contribution in [0.4, 0.5) is 0 Å². The maximum Gasteiger partial charge on any atom is 0.252 e.